The Morgan fingerprint density at radius 1 is 0.548 bits per heavy atom. The predicted molar refractivity (Wildman–Crippen MR) is 142 cm³/mol. The van der Waals surface area contributed by atoms with Crippen molar-refractivity contribution in [2.75, 3.05) is 6.16 Å². The van der Waals surface area contributed by atoms with Crippen molar-refractivity contribution in [2.24, 2.45) is 0 Å². The molecule has 3 aromatic rings. The lowest BCUT2D eigenvalue weighted by Gasteiger charge is -2.27. The molecule has 0 atom stereocenters. The first-order valence-electron chi connectivity index (χ1n) is 11.7. The highest BCUT2D eigenvalue weighted by molar-refractivity contribution is 7.95. The zero-order valence-electron chi connectivity index (χ0n) is 18.9. The lowest BCUT2D eigenvalue weighted by atomic mass is 10.2. The largest absolute Gasteiger partial charge is 0.112 e. The van der Waals surface area contributed by atoms with Crippen LogP contribution in [0.25, 0.3) is 0 Å². The fourth-order valence-corrected chi connectivity index (χ4v) is 8.64. The van der Waals surface area contributed by atoms with Gasteiger partial charge >= 0.3 is 0 Å². The van der Waals surface area contributed by atoms with Crippen LogP contribution in [-0.2, 0) is 0 Å². The van der Waals surface area contributed by atoms with Crippen molar-refractivity contribution < 1.29 is 0 Å². The van der Waals surface area contributed by atoms with Gasteiger partial charge in [-0.3, -0.25) is 0 Å². The van der Waals surface area contributed by atoms with Crippen molar-refractivity contribution >= 4 is 23.2 Å². The minimum Gasteiger partial charge on any atom is -0.0885 e. The van der Waals surface area contributed by atoms with E-state index in [0.29, 0.717) is 0 Å². The van der Waals surface area contributed by atoms with Crippen molar-refractivity contribution in [1.29, 1.82) is 0 Å². The molecule has 0 saturated heterocycles. The topological polar surface area (TPSA) is 0 Å². The molecule has 0 fully saturated rings. The summed E-state index contributed by atoms with van der Waals surface area (Å²) in [4.78, 5) is 0. The minimum absolute atomic E-state index is 1.07. The fourth-order valence-electron chi connectivity index (χ4n) is 4.23. The number of benzene rings is 3. The number of allylic oxidation sites excluding steroid dienone is 4. The van der Waals surface area contributed by atoms with Crippen LogP contribution in [0.5, 0.6) is 0 Å². The first-order valence-corrected chi connectivity index (χ1v) is 13.7. The Hall–Kier alpha value is -2.43. The molecule has 0 spiro atoms. The van der Waals surface area contributed by atoms with E-state index in [0.717, 1.165) is 12.8 Å². The Morgan fingerprint density at radius 2 is 1.03 bits per heavy atom. The summed E-state index contributed by atoms with van der Waals surface area (Å²) in [7, 11) is -1.65. The molecule has 0 nitrogen and oxygen atoms in total. The molecule has 0 aliphatic heterocycles. The van der Waals surface area contributed by atoms with Crippen LogP contribution >= 0.6 is 7.26 Å². The van der Waals surface area contributed by atoms with E-state index in [4.69, 9.17) is 0 Å². The first kappa shape index (κ1) is 23.2. The van der Waals surface area contributed by atoms with Crippen LogP contribution in [0.15, 0.2) is 115 Å². The zero-order chi connectivity index (χ0) is 21.6. The van der Waals surface area contributed by atoms with Crippen LogP contribution in [-0.4, -0.2) is 6.16 Å². The van der Waals surface area contributed by atoms with Gasteiger partial charge in [-0.05, 0) is 74.9 Å². The maximum absolute atomic E-state index is 2.36. The molecular weight excluding hydrogens is 391 g/mol. The summed E-state index contributed by atoms with van der Waals surface area (Å²) < 4.78 is 0. The minimum atomic E-state index is -1.65. The molecule has 0 aliphatic rings. The van der Waals surface area contributed by atoms with Gasteiger partial charge in [0.25, 0.3) is 0 Å². The molecule has 3 aromatic carbocycles. The van der Waals surface area contributed by atoms with Crippen LogP contribution < -0.4 is 15.9 Å². The SMILES string of the molecule is CCC=CCC=CCCCCC[P+](c1ccccc1)(c1ccccc1)c1ccccc1. The standard InChI is InChI=1S/C30H36P/c1-2-3-4-5-6-7-8-9-10-20-27-31(28-21-14-11-15-22-28,29-23-16-12-17-24-29)30-25-18-13-19-26-30/h3-4,6-7,11-19,21-26H,2,5,8-10,20,27H2,1H3/q+1. The highest BCUT2D eigenvalue weighted by Gasteiger charge is 2.44. The monoisotopic (exact) mass is 427 g/mol. The second kappa shape index (κ2) is 13.1. The molecule has 0 heterocycles. The molecular formula is C30H36P+. The van der Waals surface area contributed by atoms with Crippen LogP contribution in [0.2, 0.25) is 0 Å². The van der Waals surface area contributed by atoms with Gasteiger partial charge in [0, 0.05) is 0 Å². The Morgan fingerprint density at radius 3 is 1.52 bits per heavy atom. The van der Waals surface area contributed by atoms with E-state index in [-0.39, 0.29) is 0 Å². The normalized spacial score (nSPS) is 12.0. The van der Waals surface area contributed by atoms with Crippen LogP contribution in [0, 0.1) is 0 Å². The van der Waals surface area contributed by atoms with E-state index in [9.17, 15) is 0 Å². The van der Waals surface area contributed by atoms with Gasteiger partial charge in [0.05, 0.1) is 6.16 Å². The molecule has 3 rings (SSSR count). The van der Waals surface area contributed by atoms with E-state index < -0.39 is 7.26 Å². The number of hydrogen-bond donors (Lipinski definition) is 0. The molecule has 31 heavy (non-hydrogen) atoms. The molecule has 0 amide bonds. The maximum atomic E-state index is 2.36. The third-order valence-corrected chi connectivity index (χ3v) is 10.3. The second-order valence-electron chi connectivity index (χ2n) is 7.98. The van der Waals surface area contributed by atoms with Gasteiger partial charge in [-0.1, -0.05) is 85.8 Å². The summed E-state index contributed by atoms with van der Waals surface area (Å²) in [6, 6.07) is 33.7. The molecule has 1 heteroatoms. The third-order valence-electron chi connectivity index (χ3n) is 5.80. The van der Waals surface area contributed by atoms with Crippen molar-refractivity contribution in [3.05, 3.63) is 115 Å². The second-order valence-corrected chi connectivity index (χ2v) is 11.6. The molecule has 0 unspecified atom stereocenters. The predicted octanol–water partition coefficient (Wildman–Crippen LogP) is 7.45. The van der Waals surface area contributed by atoms with E-state index in [1.807, 2.05) is 0 Å². The van der Waals surface area contributed by atoms with Crippen molar-refractivity contribution in [3.8, 4) is 0 Å². The maximum Gasteiger partial charge on any atom is 0.112 e. The summed E-state index contributed by atoms with van der Waals surface area (Å²) in [5.41, 5.74) is 0. The lowest BCUT2D eigenvalue weighted by Crippen LogP contribution is -2.33. The average molecular weight is 428 g/mol. The lowest BCUT2D eigenvalue weighted by molar-refractivity contribution is 0.732. The summed E-state index contributed by atoms with van der Waals surface area (Å²) in [5, 5.41) is 4.49. The summed E-state index contributed by atoms with van der Waals surface area (Å²) >= 11 is 0. The van der Waals surface area contributed by atoms with Gasteiger partial charge in [0.2, 0.25) is 0 Å². The van der Waals surface area contributed by atoms with Crippen LogP contribution in [0.3, 0.4) is 0 Å². The van der Waals surface area contributed by atoms with E-state index >= 15 is 0 Å². The molecule has 0 N–H and O–H groups in total. The van der Waals surface area contributed by atoms with Crippen molar-refractivity contribution in [3.63, 3.8) is 0 Å². The van der Waals surface area contributed by atoms with Crippen LogP contribution in [0.4, 0.5) is 0 Å². The van der Waals surface area contributed by atoms with Gasteiger partial charge in [-0.25, -0.2) is 0 Å². The van der Waals surface area contributed by atoms with E-state index in [1.54, 1.807) is 0 Å². The number of unbranched alkanes of at least 4 members (excludes halogenated alkanes) is 3. The summed E-state index contributed by atoms with van der Waals surface area (Å²) in [6.07, 6.45) is 17.6. The van der Waals surface area contributed by atoms with Crippen LogP contribution in [0.1, 0.15) is 45.4 Å². The molecule has 0 saturated carbocycles. The van der Waals surface area contributed by atoms with Gasteiger partial charge in [0.1, 0.15) is 23.2 Å². The van der Waals surface area contributed by atoms with Gasteiger partial charge < -0.3 is 0 Å². The van der Waals surface area contributed by atoms with E-state index in [1.165, 1.54) is 47.8 Å². The summed E-state index contributed by atoms with van der Waals surface area (Å²) in [5.74, 6) is 0. The third kappa shape index (κ3) is 6.52. The van der Waals surface area contributed by atoms with Gasteiger partial charge in [-0.15, -0.1) is 0 Å². The Kier molecular flexibility index (Phi) is 9.81. The fraction of sp³-hybridized carbons (Fsp3) is 0.267. The Labute approximate surface area is 190 Å². The Balaban J connectivity index is 1.76. The van der Waals surface area contributed by atoms with Crippen molar-refractivity contribution in [2.45, 2.75) is 45.4 Å². The Bertz CT molecular complexity index is 814. The van der Waals surface area contributed by atoms with Gasteiger partial charge in [-0.2, -0.15) is 0 Å². The number of rotatable bonds is 12. The molecule has 160 valence electrons. The quantitative estimate of drug-likeness (QED) is 0.160. The molecule has 0 bridgehead atoms. The highest BCUT2D eigenvalue weighted by Crippen LogP contribution is 2.55. The van der Waals surface area contributed by atoms with Crippen molar-refractivity contribution in [1.82, 2.24) is 0 Å². The highest BCUT2D eigenvalue weighted by atomic mass is 31.2. The average Bonchev–Trinajstić information content (AvgIpc) is 2.84. The smallest absolute Gasteiger partial charge is 0.0885 e. The molecule has 0 aliphatic carbocycles. The zero-order valence-corrected chi connectivity index (χ0v) is 19.8. The first-order chi connectivity index (χ1) is 15.4. The van der Waals surface area contributed by atoms with Gasteiger partial charge in [0.15, 0.2) is 0 Å². The summed E-state index contributed by atoms with van der Waals surface area (Å²) in [6.45, 7) is 2.18. The molecule has 0 radical (unpaired) electrons. The molecule has 0 aromatic heterocycles. The number of hydrogen-bond acceptors (Lipinski definition) is 0. The van der Waals surface area contributed by atoms with E-state index in [2.05, 4.69) is 122 Å².